The zero-order chi connectivity index (χ0) is 15.4. The molecule has 114 valence electrons. The molecule has 0 saturated heterocycles. The number of carbonyl (C=O) groups excluding carboxylic acids is 1. The van der Waals surface area contributed by atoms with Crippen LogP contribution in [0.4, 0.5) is 0 Å². The Morgan fingerprint density at radius 1 is 1.05 bits per heavy atom. The Balaban J connectivity index is 1.47. The Morgan fingerprint density at radius 2 is 1.68 bits per heavy atom. The number of nitrogens with zero attached hydrogens (tertiary/aromatic N) is 1. The number of ether oxygens (including phenoxy) is 2. The summed E-state index contributed by atoms with van der Waals surface area (Å²) >= 11 is 0. The monoisotopic (exact) mass is 297 g/mol. The van der Waals surface area contributed by atoms with E-state index in [4.69, 9.17) is 4.74 Å². The second-order valence-electron chi connectivity index (χ2n) is 5.34. The number of benzene rings is 2. The van der Waals surface area contributed by atoms with Gasteiger partial charge in [0.05, 0.1) is 12.7 Å². The maximum atomic E-state index is 11.4. The van der Waals surface area contributed by atoms with Crippen molar-refractivity contribution in [3.05, 3.63) is 65.2 Å². The van der Waals surface area contributed by atoms with Crippen molar-refractivity contribution in [1.29, 1.82) is 0 Å². The Hall–Kier alpha value is -2.33. The van der Waals surface area contributed by atoms with Crippen LogP contribution in [0.5, 0.6) is 5.75 Å². The fourth-order valence-electron chi connectivity index (χ4n) is 2.66. The fourth-order valence-corrected chi connectivity index (χ4v) is 2.66. The van der Waals surface area contributed by atoms with Gasteiger partial charge in [0.15, 0.2) is 0 Å². The summed E-state index contributed by atoms with van der Waals surface area (Å²) in [5.74, 6) is 0.436. The van der Waals surface area contributed by atoms with Gasteiger partial charge in [-0.2, -0.15) is 0 Å². The summed E-state index contributed by atoms with van der Waals surface area (Å²) in [6, 6.07) is 15.6. The number of hydrogen-bond donors (Lipinski definition) is 0. The molecule has 0 aromatic heterocycles. The van der Waals surface area contributed by atoms with Gasteiger partial charge in [-0.15, -0.1) is 0 Å². The molecule has 0 saturated carbocycles. The Bertz CT molecular complexity index is 627. The quantitative estimate of drug-likeness (QED) is 0.796. The lowest BCUT2D eigenvalue weighted by atomic mass is 10.1. The molecule has 4 heteroatoms. The van der Waals surface area contributed by atoms with Gasteiger partial charge in [-0.05, 0) is 35.4 Å². The van der Waals surface area contributed by atoms with Gasteiger partial charge in [-0.3, -0.25) is 4.90 Å². The van der Waals surface area contributed by atoms with Crippen LogP contribution in [0.15, 0.2) is 48.5 Å². The molecular formula is C18H19NO3. The molecule has 4 nitrogen and oxygen atoms in total. The van der Waals surface area contributed by atoms with Crippen LogP contribution in [0, 0.1) is 0 Å². The lowest BCUT2D eigenvalue weighted by Crippen LogP contribution is -2.22. The first kappa shape index (κ1) is 14.6. The van der Waals surface area contributed by atoms with Crippen molar-refractivity contribution in [2.45, 2.75) is 13.1 Å². The van der Waals surface area contributed by atoms with Gasteiger partial charge >= 0.3 is 5.97 Å². The molecule has 2 aromatic rings. The lowest BCUT2D eigenvalue weighted by molar-refractivity contribution is 0.0600. The molecule has 1 heterocycles. The van der Waals surface area contributed by atoms with Crippen molar-refractivity contribution in [3.63, 3.8) is 0 Å². The number of methoxy groups -OCH3 is 1. The molecule has 22 heavy (non-hydrogen) atoms. The van der Waals surface area contributed by atoms with Crippen molar-refractivity contribution in [1.82, 2.24) is 4.90 Å². The summed E-state index contributed by atoms with van der Waals surface area (Å²) < 4.78 is 10.4. The van der Waals surface area contributed by atoms with Gasteiger partial charge < -0.3 is 9.47 Å². The van der Waals surface area contributed by atoms with Crippen molar-refractivity contribution in [2.75, 3.05) is 20.3 Å². The van der Waals surface area contributed by atoms with Crippen molar-refractivity contribution in [3.8, 4) is 5.75 Å². The molecule has 0 aliphatic carbocycles. The molecule has 0 fully saturated rings. The van der Waals surface area contributed by atoms with Crippen LogP contribution in [0.1, 0.15) is 21.5 Å². The van der Waals surface area contributed by atoms with E-state index in [9.17, 15) is 4.79 Å². The highest BCUT2D eigenvalue weighted by atomic mass is 16.5. The predicted octanol–water partition coefficient (Wildman–Crippen LogP) is 2.87. The minimum atomic E-state index is -0.332. The predicted molar refractivity (Wildman–Crippen MR) is 83.8 cm³/mol. The van der Waals surface area contributed by atoms with Crippen LogP contribution in [0.2, 0.25) is 0 Å². The summed E-state index contributed by atoms with van der Waals surface area (Å²) in [5.41, 5.74) is 3.35. The van der Waals surface area contributed by atoms with Crippen LogP contribution in [0.3, 0.4) is 0 Å². The maximum Gasteiger partial charge on any atom is 0.337 e. The molecular weight excluding hydrogens is 278 g/mol. The van der Waals surface area contributed by atoms with Gasteiger partial charge in [-0.1, -0.05) is 24.3 Å². The molecule has 3 rings (SSSR count). The third kappa shape index (κ3) is 3.28. The van der Waals surface area contributed by atoms with Gasteiger partial charge in [0, 0.05) is 19.6 Å². The second-order valence-corrected chi connectivity index (χ2v) is 5.34. The molecule has 0 radical (unpaired) electrons. The Labute approximate surface area is 130 Å². The maximum absolute atomic E-state index is 11.4. The summed E-state index contributed by atoms with van der Waals surface area (Å²) in [6.45, 7) is 3.49. The first-order valence-electron chi connectivity index (χ1n) is 7.36. The van der Waals surface area contributed by atoms with Crippen LogP contribution < -0.4 is 4.74 Å². The van der Waals surface area contributed by atoms with Gasteiger partial charge in [0.25, 0.3) is 0 Å². The van der Waals surface area contributed by atoms with Gasteiger partial charge in [-0.25, -0.2) is 4.79 Å². The van der Waals surface area contributed by atoms with Crippen LogP contribution in [-0.4, -0.2) is 31.1 Å². The highest BCUT2D eigenvalue weighted by Crippen LogP contribution is 2.21. The first-order chi connectivity index (χ1) is 10.8. The van der Waals surface area contributed by atoms with E-state index in [1.54, 1.807) is 24.3 Å². The van der Waals surface area contributed by atoms with E-state index in [1.807, 2.05) is 0 Å². The summed E-state index contributed by atoms with van der Waals surface area (Å²) in [4.78, 5) is 13.7. The highest BCUT2D eigenvalue weighted by molar-refractivity contribution is 5.89. The normalized spacial score (nSPS) is 13.7. The molecule has 0 atom stereocenters. The van der Waals surface area contributed by atoms with Crippen LogP contribution in [-0.2, 0) is 17.8 Å². The summed E-state index contributed by atoms with van der Waals surface area (Å²) in [6.07, 6.45) is 0. The van der Waals surface area contributed by atoms with E-state index < -0.39 is 0 Å². The molecule has 0 amide bonds. The van der Waals surface area contributed by atoms with Crippen molar-refractivity contribution < 1.29 is 14.3 Å². The molecule has 2 aromatic carbocycles. The third-order valence-corrected chi connectivity index (χ3v) is 3.86. The molecule has 0 unspecified atom stereocenters. The minimum Gasteiger partial charge on any atom is -0.492 e. The second kappa shape index (κ2) is 6.62. The number of hydrogen-bond acceptors (Lipinski definition) is 4. The average Bonchev–Trinajstić information content (AvgIpc) is 2.97. The first-order valence-corrected chi connectivity index (χ1v) is 7.36. The van der Waals surface area contributed by atoms with Crippen molar-refractivity contribution in [2.24, 2.45) is 0 Å². The SMILES string of the molecule is COC(=O)c1ccc(OCCN2Cc3ccccc3C2)cc1. The third-order valence-electron chi connectivity index (χ3n) is 3.86. The smallest absolute Gasteiger partial charge is 0.337 e. The van der Waals surface area contributed by atoms with E-state index in [2.05, 4.69) is 33.9 Å². The zero-order valence-corrected chi connectivity index (χ0v) is 12.6. The standard InChI is InChI=1S/C18H19NO3/c1-21-18(20)14-6-8-17(9-7-14)22-11-10-19-12-15-4-2-3-5-16(15)13-19/h2-9H,10-13H2,1H3. The summed E-state index contributed by atoms with van der Waals surface area (Å²) in [5, 5.41) is 0. The van der Waals surface area contributed by atoms with Crippen LogP contribution in [0.25, 0.3) is 0 Å². The number of rotatable bonds is 5. The van der Waals surface area contributed by atoms with Crippen LogP contribution >= 0.6 is 0 Å². The Morgan fingerprint density at radius 3 is 2.27 bits per heavy atom. The minimum absolute atomic E-state index is 0.332. The number of fused-ring (bicyclic) bond motifs is 1. The molecule has 1 aliphatic rings. The van der Waals surface area contributed by atoms with Gasteiger partial charge in [0.2, 0.25) is 0 Å². The molecule has 0 bridgehead atoms. The lowest BCUT2D eigenvalue weighted by Gasteiger charge is -2.15. The average molecular weight is 297 g/mol. The number of carbonyl (C=O) groups is 1. The fraction of sp³-hybridized carbons (Fsp3) is 0.278. The topological polar surface area (TPSA) is 38.8 Å². The highest BCUT2D eigenvalue weighted by Gasteiger charge is 2.17. The largest absolute Gasteiger partial charge is 0.492 e. The van der Waals surface area contributed by atoms with Gasteiger partial charge in [0.1, 0.15) is 12.4 Å². The van der Waals surface area contributed by atoms with E-state index in [0.29, 0.717) is 12.2 Å². The van der Waals surface area contributed by atoms with E-state index in [-0.39, 0.29) is 5.97 Å². The summed E-state index contributed by atoms with van der Waals surface area (Å²) in [7, 11) is 1.38. The van der Waals surface area contributed by atoms with E-state index in [0.717, 1.165) is 25.4 Å². The molecule has 0 N–H and O–H groups in total. The zero-order valence-electron chi connectivity index (χ0n) is 12.6. The van der Waals surface area contributed by atoms with Crippen molar-refractivity contribution >= 4 is 5.97 Å². The van der Waals surface area contributed by atoms with E-state index >= 15 is 0 Å². The molecule has 0 spiro atoms. The Kier molecular flexibility index (Phi) is 4.39. The molecule has 1 aliphatic heterocycles. The number of esters is 1. The van der Waals surface area contributed by atoms with E-state index in [1.165, 1.54) is 18.2 Å².